The van der Waals surface area contributed by atoms with E-state index in [1.807, 2.05) is 47.4 Å². The quantitative estimate of drug-likeness (QED) is 0.811. The number of hydrogen-bond acceptors (Lipinski definition) is 1. The average Bonchev–Trinajstić information content (AvgIpc) is 3.37. The van der Waals surface area contributed by atoms with Crippen LogP contribution in [0.15, 0.2) is 60.7 Å². The van der Waals surface area contributed by atoms with E-state index in [0.29, 0.717) is 12.1 Å². The molecule has 0 spiro atoms. The first-order valence-corrected chi connectivity index (χ1v) is 7.52. The summed E-state index contributed by atoms with van der Waals surface area (Å²) in [6.45, 7) is 0.551. The van der Waals surface area contributed by atoms with E-state index in [9.17, 15) is 9.18 Å². The molecule has 2 aromatic carbocycles. The van der Waals surface area contributed by atoms with Crippen LogP contribution in [0.1, 0.15) is 28.8 Å². The van der Waals surface area contributed by atoms with E-state index in [-0.39, 0.29) is 17.8 Å². The summed E-state index contributed by atoms with van der Waals surface area (Å²) < 4.78 is 13.3. The molecule has 0 saturated heterocycles. The van der Waals surface area contributed by atoms with Crippen LogP contribution in [0.3, 0.4) is 0 Å². The van der Waals surface area contributed by atoms with Gasteiger partial charge in [-0.1, -0.05) is 48.6 Å². The molecule has 0 bridgehead atoms. The largest absolute Gasteiger partial charge is 0.332 e. The zero-order valence-corrected chi connectivity index (χ0v) is 12.3. The number of amides is 1. The van der Waals surface area contributed by atoms with Crippen molar-refractivity contribution in [3.05, 3.63) is 77.6 Å². The molecule has 1 aliphatic carbocycles. The molecule has 1 fully saturated rings. The predicted molar refractivity (Wildman–Crippen MR) is 85.9 cm³/mol. The van der Waals surface area contributed by atoms with E-state index < -0.39 is 0 Å². The van der Waals surface area contributed by atoms with Crippen molar-refractivity contribution in [1.82, 2.24) is 4.90 Å². The minimum atomic E-state index is -0.374. The van der Waals surface area contributed by atoms with Gasteiger partial charge in [-0.2, -0.15) is 0 Å². The Morgan fingerprint density at radius 1 is 1.14 bits per heavy atom. The molecule has 0 aliphatic heterocycles. The summed E-state index contributed by atoms with van der Waals surface area (Å²) >= 11 is 0. The molecule has 0 atom stereocenters. The molecule has 0 unspecified atom stereocenters. The van der Waals surface area contributed by atoms with E-state index in [4.69, 9.17) is 0 Å². The number of carbonyl (C=O) groups is 1. The van der Waals surface area contributed by atoms with Gasteiger partial charge in [0, 0.05) is 18.2 Å². The van der Waals surface area contributed by atoms with Crippen molar-refractivity contribution in [2.24, 2.45) is 0 Å². The van der Waals surface area contributed by atoms with Gasteiger partial charge in [0.15, 0.2) is 0 Å². The van der Waals surface area contributed by atoms with Crippen molar-refractivity contribution in [1.29, 1.82) is 0 Å². The summed E-state index contributed by atoms with van der Waals surface area (Å²) in [5.74, 6) is -0.471. The normalized spacial score (nSPS) is 14.2. The van der Waals surface area contributed by atoms with Crippen molar-refractivity contribution in [2.45, 2.75) is 18.9 Å². The molecule has 2 aromatic rings. The van der Waals surface area contributed by atoms with E-state index in [2.05, 4.69) is 0 Å². The van der Waals surface area contributed by atoms with Crippen LogP contribution < -0.4 is 0 Å². The van der Waals surface area contributed by atoms with Crippen LogP contribution in [-0.2, 0) is 0 Å². The van der Waals surface area contributed by atoms with Crippen molar-refractivity contribution >= 4 is 12.0 Å². The minimum Gasteiger partial charge on any atom is -0.332 e. The predicted octanol–water partition coefficient (Wildman–Crippen LogP) is 4.14. The number of benzene rings is 2. The Labute approximate surface area is 129 Å². The Kier molecular flexibility index (Phi) is 4.33. The maximum Gasteiger partial charge on any atom is 0.254 e. The lowest BCUT2D eigenvalue weighted by Crippen LogP contribution is -2.33. The molecule has 1 saturated carbocycles. The lowest BCUT2D eigenvalue weighted by atomic mass is 10.2. The fourth-order valence-corrected chi connectivity index (χ4v) is 2.44. The molecule has 0 aromatic heterocycles. The van der Waals surface area contributed by atoms with Gasteiger partial charge in [0.1, 0.15) is 5.82 Å². The molecule has 22 heavy (non-hydrogen) atoms. The van der Waals surface area contributed by atoms with Crippen LogP contribution in [0.2, 0.25) is 0 Å². The van der Waals surface area contributed by atoms with Crippen LogP contribution >= 0.6 is 0 Å². The fraction of sp³-hybridized carbons (Fsp3) is 0.211. The van der Waals surface area contributed by atoms with Gasteiger partial charge < -0.3 is 4.90 Å². The van der Waals surface area contributed by atoms with E-state index in [1.165, 1.54) is 12.1 Å². The fourth-order valence-electron chi connectivity index (χ4n) is 2.44. The highest BCUT2D eigenvalue weighted by Gasteiger charge is 2.32. The number of rotatable bonds is 5. The van der Waals surface area contributed by atoms with Gasteiger partial charge in [-0.15, -0.1) is 0 Å². The Hall–Kier alpha value is -2.42. The van der Waals surface area contributed by atoms with Crippen molar-refractivity contribution in [3.63, 3.8) is 0 Å². The van der Waals surface area contributed by atoms with Crippen molar-refractivity contribution < 1.29 is 9.18 Å². The van der Waals surface area contributed by atoms with Gasteiger partial charge in [-0.3, -0.25) is 4.79 Å². The zero-order chi connectivity index (χ0) is 15.4. The van der Waals surface area contributed by atoms with Gasteiger partial charge in [0.2, 0.25) is 0 Å². The highest BCUT2D eigenvalue weighted by molar-refractivity contribution is 5.94. The van der Waals surface area contributed by atoms with Crippen LogP contribution in [0.4, 0.5) is 4.39 Å². The molecule has 0 N–H and O–H groups in total. The third kappa shape index (κ3) is 3.61. The third-order valence-electron chi connectivity index (χ3n) is 3.73. The van der Waals surface area contributed by atoms with Crippen LogP contribution in [-0.4, -0.2) is 23.4 Å². The van der Waals surface area contributed by atoms with Gasteiger partial charge >= 0.3 is 0 Å². The number of nitrogens with zero attached hydrogens (tertiary/aromatic N) is 1. The van der Waals surface area contributed by atoms with Crippen LogP contribution in [0.5, 0.6) is 0 Å². The molecule has 1 aliphatic rings. The van der Waals surface area contributed by atoms with Crippen molar-refractivity contribution in [3.8, 4) is 0 Å². The second-order valence-corrected chi connectivity index (χ2v) is 5.51. The third-order valence-corrected chi connectivity index (χ3v) is 3.73. The summed E-state index contributed by atoms with van der Waals surface area (Å²) in [5.41, 5.74) is 1.52. The molecule has 3 rings (SSSR count). The van der Waals surface area contributed by atoms with E-state index >= 15 is 0 Å². The molecule has 3 heteroatoms. The summed E-state index contributed by atoms with van der Waals surface area (Å²) in [6, 6.07) is 16.2. The Morgan fingerprint density at radius 3 is 2.59 bits per heavy atom. The monoisotopic (exact) mass is 295 g/mol. The van der Waals surface area contributed by atoms with E-state index in [1.54, 1.807) is 12.1 Å². The number of hydrogen-bond donors (Lipinski definition) is 0. The molecular weight excluding hydrogens is 277 g/mol. The van der Waals surface area contributed by atoms with Crippen LogP contribution in [0.25, 0.3) is 6.08 Å². The summed E-state index contributed by atoms with van der Waals surface area (Å²) in [6.07, 6.45) is 6.06. The number of carbonyl (C=O) groups excluding carboxylic acids is 1. The second-order valence-electron chi connectivity index (χ2n) is 5.51. The smallest absolute Gasteiger partial charge is 0.254 e. The maximum atomic E-state index is 13.3. The number of halogens is 1. The Bertz CT molecular complexity index is 677. The maximum absolute atomic E-state index is 13.3. The molecule has 0 heterocycles. The lowest BCUT2D eigenvalue weighted by Gasteiger charge is -2.20. The Balaban J connectivity index is 1.70. The highest BCUT2D eigenvalue weighted by atomic mass is 19.1. The minimum absolute atomic E-state index is 0.0975. The lowest BCUT2D eigenvalue weighted by molar-refractivity contribution is 0.0762. The molecule has 2 nitrogen and oxygen atoms in total. The first-order valence-electron chi connectivity index (χ1n) is 7.52. The highest BCUT2D eigenvalue weighted by Crippen LogP contribution is 2.28. The molecule has 0 radical (unpaired) electrons. The van der Waals surface area contributed by atoms with Crippen LogP contribution in [0, 0.1) is 5.82 Å². The molecular formula is C19H18FNO. The van der Waals surface area contributed by atoms with Crippen molar-refractivity contribution in [2.75, 3.05) is 6.54 Å². The average molecular weight is 295 g/mol. The standard InChI is InChI=1S/C19H18FNO/c20-17-10-4-9-16(14-17)19(22)21(18-11-12-18)13-5-8-15-6-2-1-3-7-15/h1-10,14,18H,11-13H2/b8-5+. The van der Waals surface area contributed by atoms with E-state index in [0.717, 1.165) is 18.4 Å². The first kappa shape index (κ1) is 14.5. The van der Waals surface area contributed by atoms with Gasteiger partial charge in [-0.05, 0) is 36.6 Å². The zero-order valence-electron chi connectivity index (χ0n) is 12.3. The van der Waals surface area contributed by atoms with Gasteiger partial charge in [-0.25, -0.2) is 4.39 Å². The molecule has 1 amide bonds. The van der Waals surface area contributed by atoms with Gasteiger partial charge in [0.05, 0.1) is 0 Å². The SMILES string of the molecule is O=C(c1cccc(F)c1)N(C/C=C/c1ccccc1)C1CC1. The second kappa shape index (κ2) is 6.56. The Morgan fingerprint density at radius 2 is 1.91 bits per heavy atom. The summed E-state index contributed by atoms with van der Waals surface area (Å²) in [5, 5.41) is 0. The summed E-state index contributed by atoms with van der Waals surface area (Å²) in [4.78, 5) is 14.4. The van der Waals surface area contributed by atoms with Gasteiger partial charge in [0.25, 0.3) is 5.91 Å². The molecule has 112 valence electrons. The summed E-state index contributed by atoms with van der Waals surface area (Å²) in [7, 11) is 0. The first-order chi connectivity index (χ1) is 10.7. The topological polar surface area (TPSA) is 20.3 Å².